The Morgan fingerprint density at radius 2 is 1.92 bits per heavy atom. The molecule has 7 heteroatoms. The molecule has 0 bridgehead atoms. The summed E-state index contributed by atoms with van der Waals surface area (Å²) < 4.78 is 38.4. The molecule has 4 nitrogen and oxygen atoms in total. The number of nitrogens with one attached hydrogen (secondary N) is 1. The standard InChI is InChI=1S/C17H20F3N3O/c1-12(2)13-3-5-14(6-4-13)16(24)22-8-7-15-21-9-10-23(15)11-17(18,19)20/h3-6,9-10,12H,7-8,11H2,1-2H3,(H,22,24). The van der Waals surface area contributed by atoms with Crippen LogP contribution in [0.4, 0.5) is 13.2 Å². The van der Waals surface area contributed by atoms with Gasteiger partial charge in [-0.25, -0.2) is 4.98 Å². The fourth-order valence-corrected chi connectivity index (χ4v) is 2.31. The molecule has 0 atom stereocenters. The van der Waals surface area contributed by atoms with E-state index in [1.165, 1.54) is 12.4 Å². The summed E-state index contributed by atoms with van der Waals surface area (Å²) in [5.41, 5.74) is 1.67. The molecule has 24 heavy (non-hydrogen) atoms. The average molecular weight is 339 g/mol. The number of amides is 1. The summed E-state index contributed by atoms with van der Waals surface area (Å²) in [6.45, 7) is 3.28. The van der Waals surface area contributed by atoms with Crippen LogP contribution in [0, 0.1) is 0 Å². The van der Waals surface area contributed by atoms with Crippen LogP contribution in [0.3, 0.4) is 0 Å². The van der Waals surface area contributed by atoms with Gasteiger partial charge in [-0.05, 0) is 23.6 Å². The molecule has 130 valence electrons. The summed E-state index contributed by atoms with van der Waals surface area (Å²) in [7, 11) is 0. The SMILES string of the molecule is CC(C)c1ccc(C(=O)NCCc2nccn2CC(F)(F)F)cc1. The van der Waals surface area contributed by atoms with Crippen molar-refractivity contribution in [2.24, 2.45) is 0 Å². The van der Waals surface area contributed by atoms with Gasteiger partial charge in [0, 0.05) is 30.9 Å². The van der Waals surface area contributed by atoms with E-state index in [9.17, 15) is 18.0 Å². The number of imidazole rings is 1. The Balaban J connectivity index is 1.88. The average Bonchev–Trinajstić information content (AvgIpc) is 2.92. The van der Waals surface area contributed by atoms with E-state index in [1.807, 2.05) is 12.1 Å². The largest absolute Gasteiger partial charge is 0.406 e. The number of halogens is 3. The van der Waals surface area contributed by atoms with Crippen LogP contribution < -0.4 is 5.32 Å². The molecule has 0 aliphatic carbocycles. The van der Waals surface area contributed by atoms with Crippen LogP contribution in [0.5, 0.6) is 0 Å². The Morgan fingerprint density at radius 1 is 1.25 bits per heavy atom. The number of aromatic nitrogens is 2. The smallest absolute Gasteiger partial charge is 0.352 e. The summed E-state index contributed by atoms with van der Waals surface area (Å²) in [5.74, 6) is 0.427. The third-order valence-corrected chi connectivity index (χ3v) is 3.63. The summed E-state index contributed by atoms with van der Waals surface area (Å²) in [4.78, 5) is 16.0. The molecular weight excluding hydrogens is 319 g/mol. The molecule has 0 fully saturated rings. The van der Waals surface area contributed by atoms with Gasteiger partial charge in [0.15, 0.2) is 0 Å². The van der Waals surface area contributed by atoms with Crippen LogP contribution >= 0.6 is 0 Å². The van der Waals surface area contributed by atoms with E-state index >= 15 is 0 Å². The molecule has 1 heterocycles. The van der Waals surface area contributed by atoms with Gasteiger partial charge in [0.2, 0.25) is 0 Å². The summed E-state index contributed by atoms with van der Waals surface area (Å²) in [5, 5.41) is 2.70. The zero-order chi connectivity index (χ0) is 17.7. The molecule has 2 rings (SSSR count). The van der Waals surface area contributed by atoms with E-state index in [1.54, 1.807) is 12.1 Å². The lowest BCUT2D eigenvalue weighted by atomic mass is 10.0. The molecule has 0 aliphatic rings. The second-order valence-corrected chi connectivity index (χ2v) is 5.87. The number of rotatable bonds is 6. The van der Waals surface area contributed by atoms with Crippen molar-refractivity contribution in [1.29, 1.82) is 0 Å². The first-order valence-electron chi connectivity index (χ1n) is 7.71. The van der Waals surface area contributed by atoms with Crippen LogP contribution in [0.25, 0.3) is 0 Å². The predicted octanol–water partition coefficient (Wildman–Crippen LogP) is 3.54. The Morgan fingerprint density at radius 3 is 2.50 bits per heavy atom. The van der Waals surface area contributed by atoms with Crippen molar-refractivity contribution in [2.75, 3.05) is 6.54 Å². The third kappa shape index (κ3) is 5.11. The van der Waals surface area contributed by atoms with Gasteiger partial charge in [0.1, 0.15) is 12.4 Å². The van der Waals surface area contributed by atoms with Crippen LogP contribution in [0.15, 0.2) is 36.7 Å². The third-order valence-electron chi connectivity index (χ3n) is 3.63. The molecule has 1 aromatic carbocycles. The van der Waals surface area contributed by atoms with Crippen molar-refractivity contribution in [3.05, 3.63) is 53.6 Å². The lowest BCUT2D eigenvalue weighted by molar-refractivity contribution is -0.141. The van der Waals surface area contributed by atoms with E-state index in [2.05, 4.69) is 24.1 Å². The molecule has 0 spiro atoms. The monoisotopic (exact) mass is 339 g/mol. The Labute approximate surface area is 138 Å². The van der Waals surface area contributed by atoms with Crippen molar-refractivity contribution in [3.8, 4) is 0 Å². The van der Waals surface area contributed by atoms with E-state index in [-0.39, 0.29) is 18.9 Å². The summed E-state index contributed by atoms with van der Waals surface area (Å²) in [6.07, 6.45) is -1.45. The molecule has 0 unspecified atom stereocenters. The predicted molar refractivity (Wildman–Crippen MR) is 84.9 cm³/mol. The zero-order valence-electron chi connectivity index (χ0n) is 13.6. The number of alkyl halides is 3. The maximum atomic E-state index is 12.4. The number of nitrogens with zero attached hydrogens (tertiary/aromatic N) is 2. The van der Waals surface area contributed by atoms with Crippen molar-refractivity contribution in [1.82, 2.24) is 14.9 Å². The van der Waals surface area contributed by atoms with E-state index in [0.29, 0.717) is 17.3 Å². The molecule has 0 saturated carbocycles. The van der Waals surface area contributed by atoms with Crippen LogP contribution in [-0.4, -0.2) is 28.2 Å². The van der Waals surface area contributed by atoms with Gasteiger partial charge < -0.3 is 9.88 Å². The molecule has 0 saturated heterocycles. The molecule has 1 N–H and O–H groups in total. The van der Waals surface area contributed by atoms with Gasteiger partial charge in [0.25, 0.3) is 5.91 Å². The quantitative estimate of drug-likeness (QED) is 0.875. The second kappa shape index (κ2) is 7.51. The van der Waals surface area contributed by atoms with Crippen LogP contribution in [0.1, 0.15) is 41.5 Å². The normalized spacial score (nSPS) is 11.8. The maximum absolute atomic E-state index is 12.4. The lowest BCUT2D eigenvalue weighted by Gasteiger charge is -2.11. The van der Waals surface area contributed by atoms with Crippen molar-refractivity contribution < 1.29 is 18.0 Å². The molecular formula is C17H20F3N3O. The fraction of sp³-hybridized carbons (Fsp3) is 0.412. The molecule has 2 aromatic rings. The summed E-state index contributed by atoms with van der Waals surface area (Å²) in [6, 6.07) is 7.29. The van der Waals surface area contributed by atoms with Gasteiger partial charge in [-0.2, -0.15) is 13.2 Å². The minimum atomic E-state index is -4.29. The highest BCUT2D eigenvalue weighted by Gasteiger charge is 2.28. The van der Waals surface area contributed by atoms with Gasteiger partial charge in [-0.1, -0.05) is 26.0 Å². The van der Waals surface area contributed by atoms with Gasteiger partial charge in [0.05, 0.1) is 0 Å². The lowest BCUT2D eigenvalue weighted by Crippen LogP contribution is -2.27. The highest BCUT2D eigenvalue weighted by Crippen LogP contribution is 2.18. The number of hydrogen-bond donors (Lipinski definition) is 1. The second-order valence-electron chi connectivity index (χ2n) is 5.87. The molecule has 0 aliphatic heterocycles. The fourth-order valence-electron chi connectivity index (χ4n) is 2.31. The minimum absolute atomic E-state index is 0.222. The Bertz CT molecular complexity index is 675. The zero-order valence-corrected chi connectivity index (χ0v) is 13.6. The van der Waals surface area contributed by atoms with E-state index in [0.717, 1.165) is 10.1 Å². The number of hydrogen-bond acceptors (Lipinski definition) is 2. The maximum Gasteiger partial charge on any atom is 0.406 e. The first kappa shape index (κ1) is 18.0. The Kier molecular flexibility index (Phi) is 5.64. The highest BCUT2D eigenvalue weighted by molar-refractivity contribution is 5.94. The van der Waals surface area contributed by atoms with Crippen LogP contribution in [0.2, 0.25) is 0 Å². The molecule has 1 amide bonds. The molecule has 0 radical (unpaired) electrons. The van der Waals surface area contributed by atoms with Gasteiger partial charge in [-0.3, -0.25) is 4.79 Å². The van der Waals surface area contributed by atoms with Crippen molar-refractivity contribution >= 4 is 5.91 Å². The highest BCUT2D eigenvalue weighted by atomic mass is 19.4. The van der Waals surface area contributed by atoms with Crippen molar-refractivity contribution in [2.45, 2.75) is 38.9 Å². The van der Waals surface area contributed by atoms with Crippen molar-refractivity contribution in [3.63, 3.8) is 0 Å². The minimum Gasteiger partial charge on any atom is -0.352 e. The van der Waals surface area contributed by atoms with E-state index < -0.39 is 12.7 Å². The topological polar surface area (TPSA) is 46.9 Å². The first-order chi connectivity index (χ1) is 11.3. The molecule has 1 aromatic heterocycles. The Hall–Kier alpha value is -2.31. The van der Waals surface area contributed by atoms with E-state index in [4.69, 9.17) is 0 Å². The van der Waals surface area contributed by atoms with Gasteiger partial charge in [-0.15, -0.1) is 0 Å². The van der Waals surface area contributed by atoms with Crippen LogP contribution in [-0.2, 0) is 13.0 Å². The summed E-state index contributed by atoms with van der Waals surface area (Å²) >= 11 is 0. The number of carbonyl (C=O) groups excluding carboxylic acids is 1. The number of carbonyl (C=O) groups is 1. The first-order valence-corrected chi connectivity index (χ1v) is 7.71. The van der Waals surface area contributed by atoms with Gasteiger partial charge >= 0.3 is 6.18 Å². The number of benzene rings is 1.